The lowest BCUT2D eigenvalue weighted by molar-refractivity contribution is 0.0219. The van der Waals surface area contributed by atoms with E-state index in [2.05, 4.69) is 59.0 Å². The Labute approximate surface area is 136 Å². The van der Waals surface area contributed by atoms with Gasteiger partial charge in [-0.25, -0.2) is 0 Å². The zero-order valence-electron chi connectivity index (χ0n) is 15.3. The number of rotatable bonds is 6. The van der Waals surface area contributed by atoms with Crippen LogP contribution in [-0.4, -0.2) is 12.1 Å². The van der Waals surface area contributed by atoms with Crippen molar-refractivity contribution in [1.29, 1.82) is 0 Å². The summed E-state index contributed by atoms with van der Waals surface area (Å²) in [5.41, 5.74) is 3.97. The second-order valence-corrected chi connectivity index (χ2v) is 7.31. The fourth-order valence-electron chi connectivity index (χ4n) is 3.37. The summed E-state index contributed by atoms with van der Waals surface area (Å²) in [6, 6.07) is 4.92. The molecule has 0 spiro atoms. The molecular formula is C20H33NO. The molecule has 2 heteroatoms. The van der Waals surface area contributed by atoms with Gasteiger partial charge < -0.3 is 10.1 Å². The molecule has 0 saturated heterocycles. The van der Waals surface area contributed by atoms with E-state index in [-0.39, 0.29) is 5.60 Å². The lowest BCUT2D eigenvalue weighted by atomic mass is 9.82. The van der Waals surface area contributed by atoms with E-state index in [9.17, 15) is 0 Å². The Bertz CT molecular complexity index is 503. The van der Waals surface area contributed by atoms with Gasteiger partial charge in [-0.05, 0) is 56.7 Å². The molecule has 22 heavy (non-hydrogen) atoms. The van der Waals surface area contributed by atoms with Crippen LogP contribution in [0.2, 0.25) is 0 Å². The Morgan fingerprint density at radius 2 is 1.91 bits per heavy atom. The van der Waals surface area contributed by atoms with Gasteiger partial charge in [-0.3, -0.25) is 0 Å². The Hall–Kier alpha value is -1.02. The van der Waals surface area contributed by atoms with E-state index < -0.39 is 0 Å². The number of nitrogens with one attached hydrogen (secondary N) is 1. The molecule has 2 rings (SSSR count). The number of ether oxygens (including phenoxy) is 1. The van der Waals surface area contributed by atoms with Crippen LogP contribution in [0.25, 0.3) is 0 Å². The highest BCUT2D eigenvalue weighted by Crippen LogP contribution is 2.45. The molecule has 0 fully saturated rings. The van der Waals surface area contributed by atoms with Crippen LogP contribution in [0.15, 0.2) is 12.1 Å². The van der Waals surface area contributed by atoms with E-state index in [1.807, 2.05) is 0 Å². The maximum absolute atomic E-state index is 6.55. The van der Waals surface area contributed by atoms with Gasteiger partial charge >= 0.3 is 0 Å². The van der Waals surface area contributed by atoms with E-state index in [4.69, 9.17) is 4.74 Å². The smallest absolute Gasteiger partial charge is 0.128 e. The Balaban J connectivity index is 2.31. The number of aryl methyl sites for hydroxylation is 1. The fraction of sp³-hybridized carbons (Fsp3) is 0.700. The maximum Gasteiger partial charge on any atom is 0.128 e. The van der Waals surface area contributed by atoms with Crippen molar-refractivity contribution < 1.29 is 4.74 Å². The highest BCUT2D eigenvalue weighted by Gasteiger charge is 2.39. The van der Waals surface area contributed by atoms with Gasteiger partial charge in [0.15, 0.2) is 0 Å². The molecular weight excluding hydrogens is 270 g/mol. The molecule has 1 atom stereocenters. The second kappa shape index (κ2) is 7.04. The first-order chi connectivity index (χ1) is 10.4. The quantitative estimate of drug-likeness (QED) is 0.767. The van der Waals surface area contributed by atoms with Crippen molar-refractivity contribution in [1.82, 2.24) is 5.32 Å². The maximum atomic E-state index is 6.55. The molecule has 1 unspecified atom stereocenters. The number of hydrogen-bond donors (Lipinski definition) is 1. The number of fused-ring (bicyclic) bond motifs is 1. The molecule has 0 bridgehead atoms. The van der Waals surface area contributed by atoms with Crippen molar-refractivity contribution in [2.45, 2.75) is 78.9 Å². The van der Waals surface area contributed by atoms with Crippen LogP contribution in [0.3, 0.4) is 0 Å². The zero-order valence-corrected chi connectivity index (χ0v) is 15.3. The standard InChI is InChI=1S/C20H33NO/c1-7-20(8-2)13-18(21-12-11-14(3)4)17-10-9-15(5)16(6)19(17)22-20/h9-10,14,18,21H,7-8,11-13H2,1-6H3. The second-order valence-electron chi connectivity index (χ2n) is 7.31. The average molecular weight is 303 g/mol. The van der Waals surface area contributed by atoms with Gasteiger partial charge in [-0.1, -0.05) is 39.8 Å². The van der Waals surface area contributed by atoms with E-state index in [1.54, 1.807) is 0 Å². The monoisotopic (exact) mass is 303 g/mol. The third-order valence-corrected chi connectivity index (χ3v) is 5.38. The SMILES string of the molecule is CCC1(CC)CC(NCCC(C)C)c2ccc(C)c(C)c2O1. The lowest BCUT2D eigenvalue weighted by Gasteiger charge is -2.43. The van der Waals surface area contributed by atoms with Gasteiger partial charge in [0, 0.05) is 18.0 Å². The minimum Gasteiger partial charge on any atom is -0.487 e. The molecule has 0 radical (unpaired) electrons. The minimum absolute atomic E-state index is 0.0128. The molecule has 2 nitrogen and oxygen atoms in total. The van der Waals surface area contributed by atoms with Crippen LogP contribution in [0.1, 0.15) is 76.1 Å². The molecule has 1 aromatic rings. The minimum atomic E-state index is -0.0128. The zero-order chi connectivity index (χ0) is 16.3. The first kappa shape index (κ1) is 17.3. The predicted octanol–water partition coefficient (Wildman–Crippen LogP) is 5.32. The predicted molar refractivity (Wildman–Crippen MR) is 94.7 cm³/mol. The van der Waals surface area contributed by atoms with Crippen molar-refractivity contribution in [3.8, 4) is 5.75 Å². The van der Waals surface area contributed by atoms with E-state index in [1.165, 1.54) is 23.1 Å². The van der Waals surface area contributed by atoms with Crippen molar-refractivity contribution >= 4 is 0 Å². The molecule has 0 aromatic heterocycles. The van der Waals surface area contributed by atoms with Crippen molar-refractivity contribution in [2.75, 3.05) is 6.54 Å². The topological polar surface area (TPSA) is 21.3 Å². The van der Waals surface area contributed by atoms with Gasteiger partial charge in [-0.2, -0.15) is 0 Å². The summed E-state index contributed by atoms with van der Waals surface area (Å²) in [5.74, 6) is 1.88. The molecule has 0 saturated carbocycles. The number of hydrogen-bond acceptors (Lipinski definition) is 2. The van der Waals surface area contributed by atoms with Crippen LogP contribution in [0.4, 0.5) is 0 Å². The van der Waals surface area contributed by atoms with Crippen LogP contribution in [0, 0.1) is 19.8 Å². The molecule has 0 aliphatic carbocycles. The highest BCUT2D eigenvalue weighted by atomic mass is 16.5. The molecule has 1 heterocycles. The van der Waals surface area contributed by atoms with Crippen LogP contribution < -0.4 is 10.1 Å². The summed E-state index contributed by atoms with van der Waals surface area (Å²) in [5, 5.41) is 3.80. The van der Waals surface area contributed by atoms with Crippen LogP contribution >= 0.6 is 0 Å². The third kappa shape index (κ3) is 3.48. The fourth-order valence-corrected chi connectivity index (χ4v) is 3.37. The van der Waals surface area contributed by atoms with Gasteiger partial charge in [0.25, 0.3) is 0 Å². The van der Waals surface area contributed by atoms with Crippen LogP contribution in [0.5, 0.6) is 5.75 Å². The normalized spacial score (nSPS) is 19.9. The molecule has 1 aromatic carbocycles. The third-order valence-electron chi connectivity index (χ3n) is 5.38. The first-order valence-electron chi connectivity index (χ1n) is 8.95. The van der Waals surface area contributed by atoms with Crippen molar-refractivity contribution in [3.05, 3.63) is 28.8 Å². The Morgan fingerprint density at radius 3 is 2.50 bits per heavy atom. The summed E-state index contributed by atoms with van der Waals surface area (Å²) >= 11 is 0. The highest BCUT2D eigenvalue weighted by molar-refractivity contribution is 5.48. The first-order valence-corrected chi connectivity index (χ1v) is 8.95. The summed E-state index contributed by atoms with van der Waals surface area (Å²) in [6.45, 7) is 14.5. The Morgan fingerprint density at radius 1 is 1.23 bits per heavy atom. The van der Waals surface area contributed by atoms with E-state index >= 15 is 0 Å². The summed E-state index contributed by atoms with van der Waals surface area (Å²) in [6.07, 6.45) is 4.44. The molecule has 124 valence electrons. The van der Waals surface area contributed by atoms with E-state index in [0.717, 1.165) is 37.5 Å². The van der Waals surface area contributed by atoms with E-state index in [0.29, 0.717) is 6.04 Å². The average Bonchev–Trinajstić information content (AvgIpc) is 2.50. The molecule has 0 amide bonds. The summed E-state index contributed by atoms with van der Waals surface area (Å²) in [7, 11) is 0. The molecule has 1 N–H and O–H groups in total. The van der Waals surface area contributed by atoms with Crippen LogP contribution in [-0.2, 0) is 0 Å². The van der Waals surface area contributed by atoms with Gasteiger partial charge in [0.2, 0.25) is 0 Å². The van der Waals surface area contributed by atoms with Gasteiger partial charge in [0.1, 0.15) is 11.4 Å². The van der Waals surface area contributed by atoms with Gasteiger partial charge in [0.05, 0.1) is 0 Å². The Kier molecular flexibility index (Phi) is 5.55. The summed E-state index contributed by atoms with van der Waals surface area (Å²) < 4.78 is 6.55. The summed E-state index contributed by atoms with van der Waals surface area (Å²) in [4.78, 5) is 0. The lowest BCUT2D eigenvalue weighted by Crippen LogP contribution is -2.44. The molecule has 1 aliphatic rings. The molecule has 1 aliphatic heterocycles. The van der Waals surface area contributed by atoms with Crippen molar-refractivity contribution in [2.24, 2.45) is 5.92 Å². The van der Waals surface area contributed by atoms with Crippen molar-refractivity contribution in [3.63, 3.8) is 0 Å². The largest absolute Gasteiger partial charge is 0.487 e. The van der Waals surface area contributed by atoms with Gasteiger partial charge in [-0.15, -0.1) is 0 Å². The number of benzene rings is 1.